The maximum absolute atomic E-state index is 9.11. The van der Waals surface area contributed by atoms with E-state index in [1.165, 1.54) is 10.00 Å². The topological polar surface area (TPSA) is 40.0 Å². The predicted octanol–water partition coefficient (Wildman–Crippen LogP) is -0.360. The summed E-state index contributed by atoms with van der Waals surface area (Å²) in [5.41, 5.74) is 0. The second kappa shape index (κ2) is 12.7. The molecular weight excluding hydrogens is 433 g/mol. The maximum Gasteiger partial charge on any atom is -0.800 e. The molecule has 0 fully saturated rings. The van der Waals surface area contributed by atoms with Crippen LogP contribution in [0, 0.1) is 48.5 Å². The number of hydrogen-bond acceptors (Lipinski definition) is 1. The summed E-state index contributed by atoms with van der Waals surface area (Å²) in [4.78, 5) is 9.11. The fourth-order valence-electron chi connectivity index (χ4n) is 0.425. The molecule has 2 aromatic carbocycles. The second-order valence-corrected chi connectivity index (χ2v) is 4.97. The molecule has 0 heterocycles. The first kappa shape index (κ1) is 18.0. The standard InChI is InChI=1S/C5H.C5.C2H4O2.Fe.Hg/c2*1-2-4-5-3-1;1-2(3)4;;/h1H;;1H3,(H,3,4);;/q2*-5;;+2;/p+1. The van der Waals surface area contributed by atoms with Crippen LogP contribution in [0.15, 0.2) is 6.07 Å². The van der Waals surface area contributed by atoms with Gasteiger partial charge in [0.1, 0.15) is 0 Å². The minimum atomic E-state index is -0.583. The summed E-state index contributed by atoms with van der Waals surface area (Å²) < 4.78 is 1.18. The van der Waals surface area contributed by atoms with Crippen molar-refractivity contribution in [2.45, 2.75) is 6.92 Å². The van der Waals surface area contributed by atoms with Crippen LogP contribution in [0.4, 0.5) is 0 Å². The molecule has 0 radical (unpaired) electrons. The molecule has 0 unspecified atom stereocenters. The molecule has 16 heavy (non-hydrogen) atoms. The van der Waals surface area contributed by atoms with Crippen molar-refractivity contribution in [2.75, 3.05) is 0 Å². The van der Waals surface area contributed by atoms with Gasteiger partial charge in [-0.2, -0.15) is 0 Å². The van der Waals surface area contributed by atoms with E-state index in [4.69, 9.17) is 9.90 Å². The summed E-state index contributed by atoms with van der Waals surface area (Å²) in [5, 5.41) is 5.94. The van der Waals surface area contributed by atoms with Crippen LogP contribution in [0.2, 0.25) is 0 Å². The average Bonchev–Trinajstić information content (AvgIpc) is 2.75. The van der Waals surface area contributed by atoms with E-state index in [1.54, 1.807) is 6.07 Å². The minimum Gasteiger partial charge on any atom is -0.999 e. The molecule has 4 heteroatoms. The van der Waals surface area contributed by atoms with Crippen LogP contribution in [0.25, 0.3) is 0 Å². The molecule has 0 aliphatic carbocycles. The molecule has 83 valence electrons. The van der Waals surface area contributed by atoms with Crippen molar-refractivity contribution >= 4 is 9.04 Å². The third kappa shape index (κ3) is 16.1. The van der Waals surface area contributed by atoms with Crippen LogP contribution in [0.5, 0.6) is 0 Å². The van der Waals surface area contributed by atoms with Gasteiger partial charge in [0, 0.05) is 4.79 Å². The van der Waals surface area contributed by atoms with Crippen molar-refractivity contribution < 1.29 is 53.1 Å². The molecule has 2 rings (SSSR count). The van der Waals surface area contributed by atoms with Crippen molar-refractivity contribution in [1.29, 1.82) is 0 Å². The largest absolute Gasteiger partial charge is 0.999 e. The Bertz CT molecular complexity index is 307. The van der Waals surface area contributed by atoms with Crippen LogP contribution < -0.4 is 3.07 Å². The molecule has 0 aliphatic heterocycles. The van der Waals surface area contributed by atoms with E-state index in [0.717, 1.165) is 0 Å². The van der Waals surface area contributed by atoms with Gasteiger partial charge >= 0.3 is 76.5 Å². The Balaban J connectivity index is 0. The minimum absolute atomic E-state index is 0. The first-order chi connectivity index (χ1) is 7.13. The molecule has 0 atom stereocenters. The van der Waals surface area contributed by atoms with Gasteiger partial charge in [-0.15, -0.1) is 0 Å². The van der Waals surface area contributed by atoms with Gasteiger partial charge < -0.3 is 35.4 Å². The zero-order chi connectivity index (χ0) is 11.5. The quantitative estimate of drug-likeness (QED) is 0.315. The Morgan fingerprint density at radius 3 is 1.69 bits per heavy atom. The zero-order valence-corrected chi connectivity index (χ0v) is 15.1. The van der Waals surface area contributed by atoms with Gasteiger partial charge in [-0.1, -0.05) is 0 Å². The van der Waals surface area contributed by atoms with Gasteiger partial charge in [-0.25, -0.2) is 0 Å². The van der Waals surface area contributed by atoms with E-state index in [1.807, 2.05) is 0 Å². The van der Waals surface area contributed by atoms with Crippen LogP contribution >= 0.6 is 0 Å². The molecule has 0 saturated heterocycles. The fraction of sp³-hybridized carbons (Fsp3) is 0.0833. The Hall–Kier alpha value is -0.375. The van der Waals surface area contributed by atoms with Crippen LogP contribution in [-0.2, 0) is 48.0 Å². The molecule has 0 aromatic heterocycles. The van der Waals surface area contributed by atoms with E-state index in [2.05, 4.69) is 48.5 Å². The number of rotatable bonds is 0. The molecule has 0 aliphatic rings. The number of carbonyl (C=O) groups is 1. The first-order valence-electron chi connectivity index (χ1n) is 3.89. The van der Waals surface area contributed by atoms with E-state index in [0.29, 0.717) is 26.1 Å². The van der Waals surface area contributed by atoms with E-state index >= 15 is 0 Å². The Morgan fingerprint density at radius 1 is 1.19 bits per heavy atom. The van der Waals surface area contributed by atoms with E-state index < -0.39 is 5.97 Å². The van der Waals surface area contributed by atoms with Crippen molar-refractivity contribution in [3.63, 3.8) is 0 Å². The van der Waals surface area contributed by atoms with Gasteiger partial charge in [-0.3, -0.25) is 0 Å². The van der Waals surface area contributed by atoms with Gasteiger partial charge in [0.05, 0.1) is 6.92 Å². The maximum atomic E-state index is 9.11. The SMILES string of the molecule is CC(=O)[OH2+].[Fe+2].[Hg][c-]1[c-][c-][c-][c-]1.[c-]1[c-][c-][cH-][c-]1. The monoisotopic (exact) mass is 440 g/mol. The summed E-state index contributed by atoms with van der Waals surface area (Å²) in [6, 6.07) is 23.0. The third-order valence-electron chi connectivity index (χ3n) is 0.840. The summed E-state index contributed by atoms with van der Waals surface area (Å²) in [6.45, 7) is 1.19. The Morgan fingerprint density at radius 2 is 1.56 bits per heavy atom. The molecular formula is C12H6FeHgO2-7. The van der Waals surface area contributed by atoms with Gasteiger partial charge in [-0.05, 0) is 0 Å². The second-order valence-electron chi connectivity index (χ2n) is 2.22. The van der Waals surface area contributed by atoms with Crippen molar-refractivity contribution in [3.8, 4) is 0 Å². The van der Waals surface area contributed by atoms with Crippen LogP contribution in [0.1, 0.15) is 6.92 Å². The first-order valence-corrected chi connectivity index (χ1v) is 6.63. The summed E-state index contributed by atoms with van der Waals surface area (Å²) >= 11 is 0.667. The van der Waals surface area contributed by atoms with E-state index in [-0.39, 0.29) is 17.1 Å². The fourth-order valence-corrected chi connectivity index (χ4v) is 1.11. The van der Waals surface area contributed by atoms with Crippen molar-refractivity contribution in [3.05, 3.63) is 54.6 Å². The molecule has 2 N–H and O–H groups in total. The van der Waals surface area contributed by atoms with Gasteiger partial charge in [0.15, 0.2) is 0 Å². The van der Waals surface area contributed by atoms with Crippen molar-refractivity contribution in [2.24, 2.45) is 0 Å². The van der Waals surface area contributed by atoms with Gasteiger partial charge in [0.2, 0.25) is 0 Å². The Labute approximate surface area is 123 Å². The third-order valence-corrected chi connectivity index (χ3v) is 2.21. The van der Waals surface area contributed by atoms with E-state index in [9.17, 15) is 0 Å². The van der Waals surface area contributed by atoms with Crippen molar-refractivity contribution in [1.82, 2.24) is 0 Å². The number of hydrogen-bond donors (Lipinski definition) is 0. The number of carbonyl (C=O) groups excluding carboxylic acids is 1. The molecule has 0 amide bonds. The molecule has 2 nitrogen and oxygen atoms in total. The predicted molar refractivity (Wildman–Crippen MR) is 48.7 cm³/mol. The molecule has 0 saturated carbocycles. The average molecular weight is 439 g/mol. The van der Waals surface area contributed by atoms with Crippen LogP contribution in [-0.4, -0.2) is 11.1 Å². The normalized spacial score (nSPS) is 7.44. The van der Waals surface area contributed by atoms with Crippen LogP contribution in [0.3, 0.4) is 0 Å². The summed E-state index contributed by atoms with van der Waals surface area (Å²) in [7, 11) is 0. The smallest absolute Gasteiger partial charge is 0.800 e. The van der Waals surface area contributed by atoms with Gasteiger partial charge in [0.25, 0.3) is 0 Å². The summed E-state index contributed by atoms with van der Waals surface area (Å²) in [5.74, 6) is -0.583. The zero-order valence-electron chi connectivity index (χ0n) is 8.55. The molecule has 0 bridgehead atoms. The molecule has 0 spiro atoms. The Kier molecular flexibility index (Phi) is 14.3. The molecule has 2 aromatic rings. The summed E-state index contributed by atoms with van der Waals surface area (Å²) in [6.07, 6.45) is 0.